The van der Waals surface area contributed by atoms with Gasteiger partial charge in [-0.1, -0.05) is 0 Å². The lowest BCUT2D eigenvalue weighted by Gasteiger charge is -2.26. The van der Waals surface area contributed by atoms with E-state index in [9.17, 15) is 26.4 Å². The van der Waals surface area contributed by atoms with E-state index < -0.39 is 33.6 Å². The van der Waals surface area contributed by atoms with Crippen LogP contribution in [0.4, 0.5) is 13.2 Å². The molecule has 0 aromatic heterocycles. The maximum Gasteiger partial charge on any atom is 0.523 e. The molecule has 0 radical (unpaired) electrons. The molecule has 100 valence electrons. The second-order valence-corrected chi connectivity index (χ2v) is 5.38. The van der Waals surface area contributed by atoms with Crippen molar-refractivity contribution >= 4 is 16.1 Å². The molecule has 0 amide bonds. The van der Waals surface area contributed by atoms with Gasteiger partial charge < -0.3 is 5.11 Å². The van der Waals surface area contributed by atoms with Crippen LogP contribution in [0.3, 0.4) is 0 Å². The second kappa shape index (κ2) is 4.81. The number of aliphatic carboxylic acids is 1. The number of hydrogen-bond donors (Lipinski definition) is 1. The predicted molar refractivity (Wildman–Crippen MR) is 49.4 cm³/mol. The number of alkyl halides is 3. The Labute approximate surface area is 95.7 Å². The van der Waals surface area contributed by atoms with Gasteiger partial charge in [-0.25, -0.2) is 0 Å². The average molecular weight is 276 g/mol. The molecule has 5 nitrogen and oxygen atoms in total. The molecule has 1 N–H and O–H groups in total. The first-order valence-electron chi connectivity index (χ1n) is 4.86. The second-order valence-electron chi connectivity index (χ2n) is 3.82. The summed E-state index contributed by atoms with van der Waals surface area (Å²) in [5.74, 6) is -2.00. The molecule has 1 fully saturated rings. The maximum atomic E-state index is 12.0. The molecular formula is C8H11F3O5S. The molecule has 0 spiro atoms. The minimum Gasteiger partial charge on any atom is -0.481 e. The van der Waals surface area contributed by atoms with Crippen LogP contribution in [0.1, 0.15) is 25.7 Å². The summed E-state index contributed by atoms with van der Waals surface area (Å²) in [7, 11) is -5.64. The highest BCUT2D eigenvalue weighted by molar-refractivity contribution is 7.87. The van der Waals surface area contributed by atoms with Gasteiger partial charge in [-0.2, -0.15) is 21.6 Å². The van der Waals surface area contributed by atoms with Gasteiger partial charge >= 0.3 is 21.6 Å². The van der Waals surface area contributed by atoms with Crippen LogP contribution in [0.25, 0.3) is 0 Å². The summed E-state index contributed by atoms with van der Waals surface area (Å²) >= 11 is 0. The fourth-order valence-corrected chi connectivity index (χ4v) is 2.33. The highest BCUT2D eigenvalue weighted by Crippen LogP contribution is 2.32. The highest BCUT2D eigenvalue weighted by atomic mass is 32.2. The van der Waals surface area contributed by atoms with E-state index in [1.165, 1.54) is 0 Å². The molecule has 1 aliphatic rings. The van der Waals surface area contributed by atoms with Gasteiger partial charge in [0.15, 0.2) is 0 Å². The van der Waals surface area contributed by atoms with Crippen LogP contribution in [-0.2, 0) is 19.1 Å². The maximum absolute atomic E-state index is 12.0. The first-order chi connectivity index (χ1) is 7.63. The van der Waals surface area contributed by atoms with Crippen LogP contribution in [-0.4, -0.2) is 31.1 Å². The van der Waals surface area contributed by atoms with Crippen molar-refractivity contribution in [2.24, 2.45) is 5.92 Å². The Balaban J connectivity index is 2.67. The fraction of sp³-hybridized carbons (Fsp3) is 0.875. The highest BCUT2D eigenvalue weighted by Gasteiger charge is 2.49. The summed E-state index contributed by atoms with van der Waals surface area (Å²) in [4.78, 5) is 10.6. The summed E-state index contributed by atoms with van der Waals surface area (Å²) in [6, 6.07) is 0. The fourth-order valence-electron chi connectivity index (χ4n) is 1.69. The van der Waals surface area contributed by atoms with Crippen molar-refractivity contribution in [2.75, 3.05) is 0 Å². The largest absolute Gasteiger partial charge is 0.523 e. The van der Waals surface area contributed by atoms with Crippen LogP contribution < -0.4 is 0 Å². The van der Waals surface area contributed by atoms with E-state index >= 15 is 0 Å². The molecule has 1 aliphatic carbocycles. The monoisotopic (exact) mass is 276 g/mol. The van der Waals surface area contributed by atoms with Gasteiger partial charge in [0.25, 0.3) is 0 Å². The Morgan fingerprint density at radius 3 is 2.35 bits per heavy atom. The Kier molecular flexibility index (Phi) is 4.03. The van der Waals surface area contributed by atoms with Gasteiger partial charge in [-0.3, -0.25) is 8.98 Å². The van der Waals surface area contributed by atoms with Crippen LogP contribution in [0.15, 0.2) is 0 Å². The van der Waals surface area contributed by atoms with E-state index in [0.717, 1.165) is 0 Å². The zero-order chi connectivity index (χ0) is 13.3. The summed E-state index contributed by atoms with van der Waals surface area (Å²) in [5.41, 5.74) is -5.47. The van der Waals surface area contributed by atoms with Gasteiger partial charge in [0, 0.05) is 0 Å². The molecule has 1 rings (SSSR count). The zero-order valence-corrected chi connectivity index (χ0v) is 9.42. The van der Waals surface area contributed by atoms with E-state index in [4.69, 9.17) is 5.11 Å². The topological polar surface area (TPSA) is 80.7 Å². The number of carbonyl (C=O) groups is 1. The molecular weight excluding hydrogens is 265 g/mol. The van der Waals surface area contributed by atoms with Crippen molar-refractivity contribution in [3.8, 4) is 0 Å². The van der Waals surface area contributed by atoms with E-state index in [1.54, 1.807) is 0 Å². The van der Waals surface area contributed by atoms with Crippen molar-refractivity contribution in [2.45, 2.75) is 37.3 Å². The Morgan fingerprint density at radius 1 is 1.29 bits per heavy atom. The molecule has 2 unspecified atom stereocenters. The van der Waals surface area contributed by atoms with Crippen LogP contribution in [0.5, 0.6) is 0 Å². The van der Waals surface area contributed by atoms with Crippen LogP contribution in [0, 0.1) is 5.92 Å². The number of hydrogen-bond acceptors (Lipinski definition) is 4. The van der Waals surface area contributed by atoms with Gasteiger partial charge in [0.2, 0.25) is 0 Å². The van der Waals surface area contributed by atoms with Gasteiger partial charge in [-0.15, -0.1) is 0 Å². The third kappa shape index (κ3) is 3.56. The minimum atomic E-state index is -5.64. The summed E-state index contributed by atoms with van der Waals surface area (Å²) in [6.45, 7) is 0. The Morgan fingerprint density at radius 2 is 1.88 bits per heavy atom. The van der Waals surface area contributed by atoms with Gasteiger partial charge in [0.1, 0.15) is 0 Å². The molecule has 0 heterocycles. The first kappa shape index (κ1) is 14.2. The first-order valence-corrected chi connectivity index (χ1v) is 6.26. The van der Waals surface area contributed by atoms with Crippen LogP contribution in [0.2, 0.25) is 0 Å². The molecule has 1 saturated carbocycles. The van der Waals surface area contributed by atoms with Crippen molar-refractivity contribution in [1.29, 1.82) is 0 Å². The molecule has 0 aromatic rings. The number of carboxylic acids is 1. The van der Waals surface area contributed by atoms with Crippen molar-refractivity contribution in [3.05, 3.63) is 0 Å². The SMILES string of the molecule is O=C(O)C1CCCC(OS(=O)(=O)C(F)(F)F)C1. The lowest BCUT2D eigenvalue weighted by molar-refractivity contribution is -0.144. The molecule has 17 heavy (non-hydrogen) atoms. The lowest BCUT2D eigenvalue weighted by Crippen LogP contribution is -2.34. The van der Waals surface area contributed by atoms with Gasteiger partial charge in [-0.05, 0) is 25.7 Å². The van der Waals surface area contributed by atoms with Gasteiger partial charge in [0.05, 0.1) is 12.0 Å². The molecule has 9 heteroatoms. The average Bonchev–Trinajstić information content (AvgIpc) is 2.15. The molecule has 0 saturated heterocycles. The van der Waals surface area contributed by atoms with Crippen molar-refractivity contribution < 1.29 is 35.7 Å². The lowest BCUT2D eigenvalue weighted by atomic mass is 9.87. The van der Waals surface area contributed by atoms with E-state index in [1.807, 2.05) is 0 Å². The smallest absolute Gasteiger partial charge is 0.481 e. The Bertz CT molecular complexity index is 388. The quantitative estimate of drug-likeness (QED) is 0.624. The number of rotatable bonds is 3. The molecule has 0 bridgehead atoms. The van der Waals surface area contributed by atoms with E-state index in [0.29, 0.717) is 12.8 Å². The summed E-state index contributed by atoms with van der Waals surface area (Å²) in [5, 5.41) is 8.69. The number of carboxylic acid groups (broad SMARTS) is 1. The molecule has 2 atom stereocenters. The Hall–Kier alpha value is -0.830. The molecule has 0 aliphatic heterocycles. The van der Waals surface area contributed by atoms with Crippen LogP contribution >= 0.6 is 0 Å². The standard InChI is InChI=1S/C8H11F3O5S/c9-8(10,11)17(14,15)16-6-3-1-2-5(4-6)7(12)13/h5-6H,1-4H2,(H,12,13). The third-order valence-corrected chi connectivity index (χ3v) is 3.61. The summed E-state index contributed by atoms with van der Waals surface area (Å²) in [6.07, 6.45) is -0.670. The molecule has 0 aromatic carbocycles. The van der Waals surface area contributed by atoms with E-state index in [-0.39, 0.29) is 12.8 Å². The number of halogens is 3. The van der Waals surface area contributed by atoms with Crippen molar-refractivity contribution in [1.82, 2.24) is 0 Å². The third-order valence-electron chi connectivity index (χ3n) is 2.52. The predicted octanol–water partition coefficient (Wildman–Crippen LogP) is 1.50. The van der Waals surface area contributed by atoms with Crippen molar-refractivity contribution in [3.63, 3.8) is 0 Å². The van der Waals surface area contributed by atoms with E-state index in [2.05, 4.69) is 4.18 Å². The minimum absolute atomic E-state index is 0.110. The normalized spacial score (nSPS) is 26.8. The zero-order valence-electron chi connectivity index (χ0n) is 8.61. The summed E-state index contributed by atoms with van der Waals surface area (Å²) < 4.78 is 61.5.